The van der Waals surface area contributed by atoms with Crippen molar-refractivity contribution in [1.29, 1.82) is 0 Å². The van der Waals surface area contributed by atoms with Gasteiger partial charge in [0.1, 0.15) is 0 Å². The molecule has 1 saturated heterocycles. The average molecular weight is 422 g/mol. The highest BCUT2D eigenvalue weighted by molar-refractivity contribution is 7.91. The molecule has 29 heavy (non-hydrogen) atoms. The predicted octanol–water partition coefficient (Wildman–Crippen LogP) is 0.138. The molecule has 1 amide bonds. The van der Waals surface area contributed by atoms with E-state index >= 15 is 0 Å². The molecule has 0 spiro atoms. The van der Waals surface area contributed by atoms with E-state index in [0.717, 1.165) is 25.7 Å². The van der Waals surface area contributed by atoms with Crippen molar-refractivity contribution in [2.75, 3.05) is 18.1 Å². The van der Waals surface area contributed by atoms with Crippen LogP contribution in [0.5, 0.6) is 0 Å². The number of aromatic nitrogens is 3. The van der Waals surface area contributed by atoms with Crippen molar-refractivity contribution in [3.63, 3.8) is 0 Å². The van der Waals surface area contributed by atoms with Crippen LogP contribution in [0.25, 0.3) is 5.65 Å². The second-order valence-corrected chi connectivity index (χ2v) is 9.78. The Morgan fingerprint density at radius 2 is 1.97 bits per heavy atom. The predicted molar refractivity (Wildman–Crippen MR) is 102 cm³/mol. The van der Waals surface area contributed by atoms with Crippen molar-refractivity contribution in [2.24, 2.45) is 0 Å². The Hall–Kier alpha value is -2.69. The SMILES string of the molecule is O=C(OCC(=O)N(C1CCCC1)[C@@H]1CCS(=O)(=O)C1)c1ccc2n[nH]c(=O)n2c1. The Labute approximate surface area is 166 Å². The molecule has 1 saturated carbocycles. The summed E-state index contributed by atoms with van der Waals surface area (Å²) in [5, 5.41) is 6.05. The highest BCUT2D eigenvalue weighted by atomic mass is 32.2. The molecule has 2 aliphatic rings. The van der Waals surface area contributed by atoms with Crippen LogP contribution in [0.3, 0.4) is 0 Å². The number of carbonyl (C=O) groups excluding carboxylic acids is 2. The molecule has 1 atom stereocenters. The van der Waals surface area contributed by atoms with Crippen molar-refractivity contribution in [1.82, 2.24) is 19.5 Å². The van der Waals surface area contributed by atoms with Gasteiger partial charge in [0.05, 0.1) is 17.1 Å². The fraction of sp³-hybridized carbons (Fsp3) is 0.556. The quantitative estimate of drug-likeness (QED) is 0.678. The Balaban J connectivity index is 1.46. The van der Waals surface area contributed by atoms with Gasteiger partial charge >= 0.3 is 11.7 Å². The van der Waals surface area contributed by atoms with Gasteiger partial charge in [0, 0.05) is 18.3 Å². The van der Waals surface area contributed by atoms with Gasteiger partial charge in [0.25, 0.3) is 5.91 Å². The van der Waals surface area contributed by atoms with E-state index in [1.165, 1.54) is 22.7 Å². The van der Waals surface area contributed by atoms with E-state index in [9.17, 15) is 22.8 Å². The van der Waals surface area contributed by atoms with Crippen LogP contribution in [-0.4, -0.2) is 70.0 Å². The zero-order valence-electron chi connectivity index (χ0n) is 15.7. The third-order valence-corrected chi connectivity index (χ3v) is 7.33. The zero-order chi connectivity index (χ0) is 20.6. The molecule has 3 heterocycles. The topological polar surface area (TPSA) is 131 Å². The van der Waals surface area contributed by atoms with Gasteiger partial charge in [-0.25, -0.2) is 27.5 Å². The first-order valence-electron chi connectivity index (χ1n) is 9.59. The first-order chi connectivity index (χ1) is 13.8. The number of rotatable bonds is 5. The third kappa shape index (κ3) is 4.04. The number of sulfone groups is 1. The molecule has 2 aromatic heterocycles. The maximum Gasteiger partial charge on any atom is 0.347 e. The van der Waals surface area contributed by atoms with Crippen molar-refractivity contribution >= 4 is 27.4 Å². The molecule has 1 aliphatic heterocycles. The van der Waals surface area contributed by atoms with Crippen LogP contribution in [0.1, 0.15) is 42.5 Å². The Bertz CT molecular complexity index is 1100. The van der Waals surface area contributed by atoms with Crippen LogP contribution in [-0.2, 0) is 19.4 Å². The summed E-state index contributed by atoms with van der Waals surface area (Å²) in [6, 6.07) is 2.57. The van der Waals surface area contributed by atoms with Gasteiger partial charge in [0.2, 0.25) is 0 Å². The number of hydrogen-bond acceptors (Lipinski definition) is 7. The van der Waals surface area contributed by atoms with Gasteiger partial charge in [0.15, 0.2) is 22.1 Å². The lowest BCUT2D eigenvalue weighted by molar-refractivity contribution is -0.139. The molecule has 2 fully saturated rings. The number of esters is 1. The zero-order valence-corrected chi connectivity index (χ0v) is 16.6. The molecule has 0 unspecified atom stereocenters. The van der Waals surface area contributed by atoms with Gasteiger partial charge < -0.3 is 9.64 Å². The summed E-state index contributed by atoms with van der Waals surface area (Å²) in [4.78, 5) is 38.5. The van der Waals surface area contributed by atoms with Crippen LogP contribution in [0.2, 0.25) is 0 Å². The van der Waals surface area contributed by atoms with E-state index in [1.807, 2.05) is 0 Å². The smallest absolute Gasteiger partial charge is 0.347 e. The monoisotopic (exact) mass is 422 g/mol. The van der Waals surface area contributed by atoms with E-state index in [1.54, 1.807) is 4.90 Å². The summed E-state index contributed by atoms with van der Waals surface area (Å²) in [7, 11) is -3.14. The van der Waals surface area contributed by atoms with Gasteiger partial charge in [-0.1, -0.05) is 12.8 Å². The Morgan fingerprint density at radius 3 is 2.66 bits per heavy atom. The van der Waals surface area contributed by atoms with Crippen LogP contribution in [0.15, 0.2) is 23.1 Å². The first kappa shape index (κ1) is 19.6. The Morgan fingerprint density at radius 1 is 1.21 bits per heavy atom. The average Bonchev–Trinajstić information content (AvgIpc) is 3.42. The minimum Gasteiger partial charge on any atom is -0.452 e. The molecule has 0 radical (unpaired) electrons. The fourth-order valence-electron chi connectivity index (χ4n) is 4.19. The molecule has 1 aliphatic carbocycles. The van der Waals surface area contributed by atoms with Crippen molar-refractivity contribution in [3.8, 4) is 0 Å². The number of amides is 1. The Kier molecular flexibility index (Phi) is 5.15. The second kappa shape index (κ2) is 7.62. The number of nitrogens with zero attached hydrogens (tertiary/aromatic N) is 3. The summed E-state index contributed by atoms with van der Waals surface area (Å²) >= 11 is 0. The molecular formula is C18H22N4O6S. The van der Waals surface area contributed by atoms with E-state index in [4.69, 9.17) is 4.74 Å². The highest BCUT2D eigenvalue weighted by Gasteiger charge is 2.39. The molecular weight excluding hydrogens is 400 g/mol. The van der Waals surface area contributed by atoms with E-state index < -0.39 is 28.1 Å². The molecule has 2 aromatic rings. The van der Waals surface area contributed by atoms with Gasteiger partial charge in [-0.2, -0.15) is 5.10 Å². The molecule has 0 bridgehead atoms. The first-order valence-corrected chi connectivity index (χ1v) is 11.4. The lowest BCUT2D eigenvalue weighted by atomic mass is 10.1. The van der Waals surface area contributed by atoms with Crippen LogP contribution >= 0.6 is 0 Å². The normalized spacial score (nSPS) is 21.4. The van der Waals surface area contributed by atoms with Crippen molar-refractivity contribution in [3.05, 3.63) is 34.4 Å². The van der Waals surface area contributed by atoms with Crippen molar-refractivity contribution < 1.29 is 22.7 Å². The van der Waals surface area contributed by atoms with Crippen molar-refractivity contribution in [2.45, 2.75) is 44.2 Å². The largest absolute Gasteiger partial charge is 0.452 e. The van der Waals surface area contributed by atoms with E-state index in [2.05, 4.69) is 10.2 Å². The standard InChI is InChI=1S/C18H22N4O6S/c23-16(22(13-3-1-2-4-13)14-7-8-29(26,27)11-14)10-28-17(24)12-5-6-15-19-20-18(25)21(15)9-12/h5-6,9,13-14H,1-4,7-8,10-11H2,(H,20,25)/t14-/m1/s1. The van der Waals surface area contributed by atoms with Gasteiger partial charge in [-0.05, 0) is 31.4 Å². The van der Waals surface area contributed by atoms with Gasteiger partial charge in [-0.15, -0.1) is 0 Å². The molecule has 1 N–H and O–H groups in total. The van der Waals surface area contributed by atoms with E-state index in [0.29, 0.717) is 12.1 Å². The molecule has 10 nitrogen and oxygen atoms in total. The number of H-pyrrole nitrogens is 1. The number of aromatic amines is 1. The number of pyridine rings is 1. The molecule has 156 valence electrons. The minimum atomic E-state index is -3.14. The van der Waals surface area contributed by atoms with E-state index in [-0.39, 0.29) is 35.1 Å². The molecule has 11 heteroatoms. The molecule has 4 rings (SSSR count). The summed E-state index contributed by atoms with van der Waals surface area (Å²) in [5.74, 6) is -1.08. The summed E-state index contributed by atoms with van der Waals surface area (Å²) in [5.41, 5.74) is -0.0114. The number of fused-ring (bicyclic) bond motifs is 1. The summed E-state index contributed by atoms with van der Waals surface area (Å²) < 4.78 is 30.1. The van der Waals surface area contributed by atoms with Crippen LogP contribution in [0.4, 0.5) is 0 Å². The lowest BCUT2D eigenvalue weighted by Gasteiger charge is -2.33. The fourth-order valence-corrected chi connectivity index (χ4v) is 5.91. The number of carbonyl (C=O) groups is 2. The third-order valence-electron chi connectivity index (χ3n) is 5.58. The maximum atomic E-state index is 12.9. The minimum absolute atomic E-state index is 0.0136. The van der Waals surface area contributed by atoms with Gasteiger partial charge in [-0.3, -0.25) is 4.79 Å². The number of ether oxygens (including phenoxy) is 1. The lowest BCUT2D eigenvalue weighted by Crippen LogP contribution is -2.48. The second-order valence-electron chi connectivity index (χ2n) is 7.55. The summed E-state index contributed by atoms with van der Waals surface area (Å²) in [6.45, 7) is -0.468. The van der Waals surface area contributed by atoms with Crippen LogP contribution < -0.4 is 5.69 Å². The maximum absolute atomic E-state index is 12.9. The summed E-state index contributed by atoms with van der Waals surface area (Å²) in [6.07, 6.45) is 5.36. The number of hydrogen-bond donors (Lipinski definition) is 1. The number of nitrogens with one attached hydrogen (secondary N) is 1. The van der Waals surface area contributed by atoms with Crippen LogP contribution in [0, 0.1) is 0 Å². The molecule has 0 aromatic carbocycles. The highest BCUT2D eigenvalue weighted by Crippen LogP contribution is 2.29.